The molecule has 1 aromatic rings. The Bertz CT molecular complexity index is 334. The van der Waals surface area contributed by atoms with Gasteiger partial charge in [0.1, 0.15) is 0 Å². The summed E-state index contributed by atoms with van der Waals surface area (Å²) in [5.41, 5.74) is 7.83. The molecular formula is C17H30. The van der Waals surface area contributed by atoms with Crippen molar-refractivity contribution in [3.63, 3.8) is 0 Å². The Morgan fingerprint density at radius 3 is 1.71 bits per heavy atom. The van der Waals surface area contributed by atoms with E-state index in [1.54, 1.807) is 16.7 Å². The second kappa shape index (κ2) is 8.33. The van der Waals surface area contributed by atoms with Gasteiger partial charge < -0.3 is 0 Å². The van der Waals surface area contributed by atoms with Crippen molar-refractivity contribution in [1.82, 2.24) is 0 Å². The topological polar surface area (TPSA) is 0 Å². The summed E-state index contributed by atoms with van der Waals surface area (Å²) in [7, 11) is 0. The molecule has 2 rings (SSSR count). The van der Waals surface area contributed by atoms with Gasteiger partial charge in [0.2, 0.25) is 0 Å². The van der Waals surface area contributed by atoms with Gasteiger partial charge in [0.05, 0.1) is 0 Å². The molecule has 0 aliphatic heterocycles. The minimum atomic E-state index is 1.31. The molecule has 0 N–H and O–H groups in total. The second-order valence-electron chi connectivity index (χ2n) is 4.30. The second-order valence-corrected chi connectivity index (χ2v) is 4.30. The van der Waals surface area contributed by atoms with Crippen LogP contribution in [0.25, 0.3) is 0 Å². The van der Waals surface area contributed by atoms with E-state index in [-0.39, 0.29) is 0 Å². The van der Waals surface area contributed by atoms with E-state index in [0.717, 1.165) is 0 Å². The van der Waals surface area contributed by atoms with E-state index in [4.69, 9.17) is 0 Å². The maximum atomic E-state index is 2.35. The lowest BCUT2D eigenvalue weighted by Crippen LogP contribution is -2.08. The Morgan fingerprint density at radius 2 is 1.18 bits per heavy atom. The Balaban J connectivity index is 0.000000581. The van der Waals surface area contributed by atoms with Crippen molar-refractivity contribution in [1.29, 1.82) is 0 Å². The van der Waals surface area contributed by atoms with E-state index in [1.165, 1.54) is 36.8 Å². The highest BCUT2D eigenvalue weighted by Crippen LogP contribution is 2.28. The van der Waals surface area contributed by atoms with Crippen molar-refractivity contribution in [3.8, 4) is 0 Å². The molecule has 0 aromatic heterocycles. The van der Waals surface area contributed by atoms with Gasteiger partial charge in [-0.2, -0.15) is 0 Å². The third kappa shape index (κ3) is 3.87. The van der Waals surface area contributed by atoms with Crippen LogP contribution in [0.1, 0.15) is 68.4 Å². The fraction of sp³-hybridized carbons (Fsp3) is 0.647. The standard InChI is InChI=1S/C13H18.2C2H6/c1-9-8-10(2)12-6-4-5-7-13(12)11(9)3;2*1-2/h8H,4-7H2,1-3H3;2*1-2H3. The van der Waals surface area contributed by atoms with Crippen molar-refractivity contribution in [2.75, 3.05) is 0 Å². The van der Waals surface area contributed by atoms with Crippen LogP contribution in [-0.4, -0.2) is 0 Å². The summed E-state index contributed by atoms with van der Waals surface area (Å²) >= 11 is 0. The monoisotopic (exact) mass is 234 g/mol. The van der Waals surface area contributed by atoms with Gasteiger partial charge in [0.25, 0.3) is 0 Å². The Kier molecular flexibility index (Phi) is 7.95. The van der Waals surface area contributed by atoms with E-state index < -0.39 is 0 Å². The van der Waals surface area contributed by atoms with Gasteiger partial charge in [-0.1, -0.05) is 33.8 Å². The van der Waals surface area contributed by atoms with E-state index in [2.05, 4.69) is 26.8 Å². The molecule has 0 heteroatoms. The third-order valence-electron chi connectivity index (χ3n) is 3.42. The van der Waals surface area contributed by atoms with Crippen molar-refractivity contribution < 1.29 is 0 Å². The fourth-order valence-corrected chi connectivity index (χ4v) is 2.51. The smallest absolute Gasteiger partial charge is 0.0273 e. The summed E-state index contributed by atoms with van der Waals surface area (Å²) in [6.07, 6.45) is 5.39. The number of hydrogen-bond donors (Lipinski definition) is 0. The summed E-state index contributed by atoms with van der Waals surface area (Å²) in [6.45, 7) is 14.8. The molecule has 0 atom stereocenters. The lowest BCUT2D eigenvalue weighted by atomic mass is 9.84. The Labute approximate surface area is 108 Å². The number of rotatable bonds is 0. The molecule has 1 aliphatic carbocycles. The minimum Gasteiger partial charge on any atom is -0.0683 e. The van der Waals surface area contributed by atoms with Crippen LogP contribution in [0.2, 0.25) is 0 Å². The number of benzene rings is 1. The van der Waals surface area contributed by atoms with E-state index in [1.807, 2.05) is 27.7 Å². The first-order valence-electron chi connectivity index (χ1n) is 7.28. The Hall–Kier alpha value is -0.780. The maximum Gasteiger partial charge on any atom is -0.0273 e. The summed E-state index contributed by atoms with van der Waals surface area (Å²) in [6, 6.07) is 2.35. The summed E-state index contributed by atoms with van der Waals surface area (Å²) in [5, 5.41) is 0. The molecule has 0 saturated carbocycles. The predicted octanol–water partition coefficient (Wildman–Crippen LogP) is 5.54. The zero-order valence-electron chi connectivity index (χ0n) is 12.9. The van der Waals surface area contributed by atoms with Gasteiger partial charge in [-0.3, -0.25) is 0 Å². The maximum absolute atomic E-state index is 2.35. The molecule has 98 valence electrons. The molecule has 0 bridgehead atoms. The molecule has 0 unspecified atom stereocenters. The van der Waals surface area contributed by atoms with Gasteiger partial charge in [-0.15, -0.1) is 0 Å². The largest absolute Gasteiger partial charge is 0.0683 e. The van der Waals surface area contributed by atoms with Crippen molar-refractivity contribution >= 4 is 0 Å². The van der Waals surface area contributed by atoms with Gasteiger partial charge >= 0.3 is 0 Å². The Morgan fingerprint density at radius 1 is 0.706 bits per heavy atom. The van der Waals surface area contributed by atoms with E-state index in [9.17, 15) is 0 Å². The molecular weight excluding hydrogens is 204 g/mol. The van der Waals surface area contributed by atoms with Crippen LogP contribution in [0.3, 0.4) is 0 Å². The molecule has 0 amide bonds. The third-order valence-corrected chi connectivity index (χ3v) is 3.42. The molecule has 0 radical (unpaired) electrons. The van der Waals surface area contributed by atoms with Crippen molar-refractivity contribution in [2.45, 2.75) is 74.1 Å². The number of fused-ring (bicyclic) bond motifs is 1. The van der Waals surface area contributed by atoms with Gasteiger partial charge in [0.15, 0.2) is 0 Å². The first kappa shape index (κ1) is 16.2. The average Bonchev–Trinajstić information content (AvgIpc) is 2.41. The van der Waals surface area contributed by atoms with E-state index in [0.29, 0.717) is 0 Å². The fourth-order valence-electron chi connectivity index (χ4n) is 2.51. The van der Waals surface area contributed by atoms with Crippen LogP contribution in [-0.2, 0) is 12.8 Å². The lowest BCUT2D eigenvalue weighted by Gasteiger charge is -2.21. The van der Waals surface area contributed by atoms with Crippen LogP contribution in [0, 0.1) is 20.8 Å². The van der Waals surface area contributed by atoms with Crippen molar-refractivity contribution in [3.05, 3.63) is 33.9 Å². The zero-order valence-corrected chi connectivity index (χ0v) is 12.9. The number of aryl methyl sites for hydroxylation is 2. The minimum absolute atomic E-state index is 1.31. The molecule has 0 fully saturated rings. The molecule has 0 nitrogen and oxygen atoms in total. The first-order chi connectivity index (χ1) is 8.20. The lowest BCUT2D eigenvalue weighted by molar-refractivity contribution is 0.677. The quantitative estimate of drug-likeness (QED) is 0.552. The molecule has 1 aliphatic rings. The summed E-state index contributed by atoms with van der Waals surface area (Å²) in [4.78, 5) is 0. The van der Waals surface area contributed by atoms with Crippen LogP contribution in [0.15, 0.2) is 6.07 Å². The molecule has 0 spiro atoms. The molecule has 17 heavy (non-hydrogen) atoms. The van der Waals surface area contributed by atoms with Gasteiger partial charge in [-0.05, 0) is 74.3 Å². The van der Waals surface area contributed by atoms with Crippen LogP contribution in [0.5, 0.6) is 0 Å². The van der Waals surface area contributed by atoms with Crippen LogP contribution >= 0.6 is 0 Å². The normalized spacial score (nSPS) is 12.6. The highest BCUT2D eigenvalue weighted by molar-refractivity contribution is 5.45. The SMILES string of the molecule is CC.CC.Cc1cc(C)c2c(c1C)CCCC2. The van der Waals surface area contributed by atoms with Gasteiger partial charge in [0, 0.05) is 0 Å². The summed E-state index contributed by atoms with van der Waals surface area (Å²) < 4.78 is 0. The highest BCUT2D eigenvalue weighted by Gasteiger charge is 2.14. The van der Waals surface area contributed by atoms with Crippen LogP contribution < -0.4 is 0 Å². The molecule has 0 saturated heterocycles. The average molecular weight is 234 g/mol. The van der Waals surface area contributed by atoms with Crippen molar-refractivity contribution in [2.24, 2.45) is 0 Å². The molecule has 0 heterocycles. The number of hydrogen-bond acceptors (Lipinski definition) is 0. The zero-order chi connectivity index (χ0) is 13.4. The van der Waals surface area contributed by atoms with E-state index >= 15 is 0 Å². The molecule has 1 aromatic carbocycles. The first-order valence-corrected chi connectivity index (χ1v) is 7.28. The highest BCUT2D eigenvalue weighted by atomic mass is 14.2. The summed E-state index contributed by atoms with van der Waals surface area (Å²) in [5.74, 6) is 0. The van der Waals surface area contributed by atoms with Gasteiger partial charge in [-0.25, -0.2) is 0 Å². The van der Waals surface area contributed by atoms with Crippen LogP contribution in [0.4, 0.5) is 0 Å². The predicted molar refractivity (Wildman–Crippen MR) is 80.0 cm³/mol.